The molecule has 0 bridgehead atoms. The molecule has 0 amide bonds. The van der Waals surface area contributed by atoms with E-state index >= 15 is 0 Å². The van der Waals surface area contributed by atoms with E-state index in [1.54, 1.807) is 0 Å². The van der Waals surface area contributed by atoms with Crippen LogP contribution in [0.25, 0.3) is 0 Å². The molecule has 0 radical (unpaired) electrons. The Morgan fingerprint density at radius 2 is 1.62 bits per heavy atom. The van der Waals surface area contributed by atoms with Gasteiger partial charge in [-0.05, 0) is 22.4 Å². The number of nitrogens with zero attached hydrogens (tertiary/aromatic N) is 1. The Morgan fingerprint density at radius 1 is 1.10 bits per heavy atom. The molecule has 1 aromatic heterocycles. The van der Waals surface area contributed by atoms with E-state index < -0.39 is 0 Å². The van der Waals surface area contributed by atoms with Gasteiger partial charge in [-0.2, -0.15) is 0 Å². The van der Waals surface area contributed by atoms with Crippen molar-refractivity contribution in [1.29, 1.82) is 0 Å². The summed E-state index contributed by atoms with van der Waals surface area (Å²) in [6.45, 7) is 14.1. The number of allylic oxidation sites excluding steroid dienone is 1. The van der Waals surface area contributed by atoms with Crippen LogP contribution in [0.1, 0.15) is 47.2 Å². The van der Waals surface area contributed by atoms with Crippen LogP contribution in [0.5, 0.6) is 0 Å². The van der Waals surface area contributed by atoms with Crippen LogP contribution in [0.4, 0.5) is 0 Å². The Labute approximate surface area is 147 Å². The molecule has 0 aliphatic rings. The maximum atomic E-state index is 4.81. The molecule has 0 aliphatic heterocycles. The van der Waals surface area contributed by atoms with Crippen LogP contribution in [0, 0.1) is 0 Å². The summed E-state index contributed by atoms with van der Waals surface area (Å²) in [5.41, 5.74) is 1.14. The molecule has 1 aromatic rings. The van der Waals surface area contributed by atoms with Gasteiger partial charge in [-0.3, -0.25) is 4.98 Å². The number of halogens is 2. The first kappa shape index (κ1) is 21.6. The molecular formula is C16H26Cl2NPPd. The van der Waals surface area contributed by atoms with Gasteiger partial charge in [0.05, 0.1) is 0 Å². The molecule has 1 nitrogen and oxygen atoms in total. The van der Waals surface area contributed by atoms with E-state index in [0.29, 0.717) is 10.3 Å². The van der Waals surface area contributed by atoms with Crippen LogP contribution in [0.15, 0.2) is 36.3 Å². The third-order valence-electron chi connectivity index (χ3n) is 2.75. The summed E-state index contributed by atoms with van der Waals surface area (Å²) in [5.74, 6) is 2.43. The predicted molar refractivity (Wildman–Crippen MR) is 95.2 cm³/mol. The second-order valence-corrected chi connectivity index (χ2v) is 12.7. The summed E-state index contributed by atoms with van der Waals surface area (Å²) >= 11 is -0.106. The topological polar surface area (TPSA) is 12.9 Å². The molecule has 0 saturated heterocycles. The van der Waals surface area contributed by atoms with Gasteiger partial charge in [-0.1, -0.05) is 67.4 Å². The summed E-state index contributed by atoms with van der Waals surface area (Å²) in [7, 11) is 9.48. The minimum atomic E-state index is -0.147. The molecule has 21 heavy (non-hydrogen) atoms. The number of rotatable bonds is 3. The monoisotopic (exact) mass is 439 g/mol. The SMILES string of the molecule is CC(C)(C)P(C=CCc1ccccn1)C(C)(C)C.[Cl][Pd][Cl]. The van der Waals surface area contributed by atoms with E-state index in [1.807, 2.05) is 18.3 Å². The van der Waals surface area contributed by atoms with E-state index in [2.05, 4.69) is 64.5 Å². The molecule has 0 unspecified atom stereocenters. The molecule has 0 aromatic carbocycles. The third-order valence-corrected chi connectivity index (χ3v) is 6.15. The average molecular weight is 441 g/mol. The fourth-order valence-corrected chi connectivity index (χ4v) is 5.47. The molecule has 0 aliphatic carbocycles. The number of hydrogen-bond acceptors (Lipinski definition) is 1. The summed E-state index contributed by atoms with van der Waals surface area (Å²) in [4.78, 5) is 4.36. The number of pyridine rings is 1. The zero-order valence-corrected chi connectivity index (χ0v) is 17.6. The first-order valence-corrected chi connectivity index (χ1v) is 12.2. The molecule has 1 rings (SSSR count). The van der Waals surface area contributed by atoms with Crippen molar-refractivity contribution in [3.8, 4) is 0 Å². The Bertz CT molecular complexity index is 397. The quantitative estimate of drug-likeness (QED) is 0.381. The fourth-order valence-electron chi connectivity index (χ4n) is 2.25. The van der Waals surface area contributed by atoms with Crippen molar-refractivity contribution in [3.63, 3.8) is 0 Å². The molecule has 1 heterocycles. The Balaban J connectivity index is 0.00000122. The molecule has 0 atom stereocenters. The van der Waals surface area contributed by atoms with Gasteiger partial charge in [0, 0.05) is 18.3 Å². The first-order chi connectivity index (χ1) is 9.62. The molecule has 5 heteroatoms. The van der Waals surface area contributed by atoms with Crippen LogP contribution in [-0.2, 0) is 22.4 Å². The Kier molecular flexibility index (Phi) is 10.6. The summed E-state index contributed by atoms with van der Waals surface area (Å²) in [6.07, 6.45) is 5.09. The van der Waals surface area contributed by atoms with Crippen LogP contribution in [0.3, 0.4) is 0 Å². The Hall–Kier alpha value is 0.562. The van der Waals surface area contributed by atoms with E-state index in [-0.39, 0.29) is 23.9 Å². The Morgan fingerprint density at radius 3 is 2.00 bits per heavy atom. The summed E-state index contributed by atoms with van der Waals surface area (Å²) in [5, 5.41) is 0.711. The van der Waals surface area contributed by atoms with E-state index in [4.69, 9.17) is 19.1 Å². The van der Waals surface area contributed by atoms with E-state index in [9.17, 15) is 0 Å². The summed E-state index contributed by atoms with van der Waals surface area (Å²) < 4.78 is 0. The molecule has 0 fully saturated rings. The fraction of sp³-hybridized carbons (Fsp3) is 0.562. The maximum absolute atomic E-state index is 4.81. The third kappa shape index (κ3) is 10.0. The van der Waals surface area contributed by atoms with Gasteiger partial charge in [0.15, 0.2) is 0 Å². The van der Waals surface area contributed by atoms with Crippen molar-refractivity contribution in [2.24, 2.45) is 0 Å². The van der Waals surface area contributed by atoms with Crippen molar-refractivity contribution < 1.29 is 15.9 Å². The second kappa shape index (κ2) is 10.4. The molecule has 0 spiro atoms. The average Bonchev–Trinajstić information content (AvgIpc) is 2.34. The minimum absolute atomic E-state index is 0.106. The van der Waals surface area contributed by atoms with Crippen LogP contribution < -0.4 is 0 Å². The van der Waals surface area contributed by atoms with Crippen LogP contribution in [-0.4, -0.2) is 15.3 Å². The van der Waals surface area contributed by atoms with Gasteiger partial charge in [0.1, 0.15) is 0 Å². The number of aromatic nitrogens is 1. The zero-order chi connectivity index (χ0) is 16.5. The van der Waals surface area contributed by atoms with Crippen molar-refractivity contribution >= 4 is 27.0 Å². The van der Waals surface area contributed by atoms with Gasteiger partial charge in [0.2, 0.25) is 0 Å². The second-order valence-electron chi connectivity index (χ2n) is 6.67. The standard InChI is InChI=1S/C16H26NP.2ClH.Pd/c1-15(2,3)18(16(4,5)6)13-9-11-14-10-7-8-12-17-14;;;/h7-10,12-13H,11H2,1-6H3;2*1H;/q;;;+2/p-2. The van der Waals surface area contributed by atoms with Gasteiger partial charge in [0.25, 0.3) is 0 Å². The number of hydrogen-bond donors (Lipinski definition) is 0. The van der Waals surface area contributed by atoms with E-state index in [1.165, 1.54) is 0 Å². The normalized spacial score (nSPS) is 12.6. The molecular weight excluding hydrogens is 414 g/mol. The first-order valence-electron chi connectivity index (χ1n) is 6.81. The zero-order valence-electron chi connectivity index (χ0n) is 13.6. The van der Waals surface area contributed by atoms with Crippen molar-refractivity contribution in [1.82, 2.24) is 4.98 Å². The molecule has 0 N–H and O–H groups in total. The van der Waals surface area contributed by atoms with Gasteiger partial charge in [-0.25, -0.2) is 0 Å². The predicted octanol–water partition coefficient (Wildman–Crippen LogP) is 6.59. The molecule has 0 saturated carbocycles. The van der Waals surface area contributed by atoms with E-state index in [0.717, 1.165) is 12.1 Å². The summed E-state index contributed by atoms with van der Waals surface area (Å²) in [6, 6.07) is 6.09. The van der Waals surface area contributed by atoms with Crippen LogP contribution in [0.2, 0.25) is 0 Å². The van der Waals surface area contributed by atoms with Gasteiger partial charge >= 0.3 is 35.0 Å². The van der Waals surface area contributed by atoms with Crippen LogP contribution >= 0.6 is 27.0 Å². The molecule has 124 valence electrons. The van der Waals surface area contributed by atoms with Crippen molar-refractivity contribution in [3.05, 3.63) is 42.0 Å². The van der Waals surface area contributed by atoms with Gasteiger partial charge in [-0.15, -0.1) is 0 Å². The van der Waals surface area contributed by atoms with Crippen molar-refractivity contribution in [2.75, 3.05) is 0 Å². The van der Waals surface area contributed by atoms with Gasteiger partial charge < -0.3 is 0 Å². The van der Waals surface area contributed by atoms with Crippen molar-refractivity contribution in [2.45, 2.75) is 58.3 Å².